The van der Waals surface area contributed by atoms with Crippen LogP contribution in [0, 0.1) is 6.92 Å². The molecule has 0 saturated carbocycles. The second kappa shape index (κ2) is 5.22. The van der Waals surface area contributed by atoms with Crippen LogP contribution in [0.15, 0.2) is 42.9 Å². The number of aryl methyl sites for hydroxylation is 1. The number of rotatable bonds is 3. The van der Waals surface area contributed by atoms with Crippen LogP contribution in [0.25, 0.3) is 5.69 Å². The number of hydrogen-bond acceptors (Lipinski definition) is 5. The minimum absolute atomic E-state index is 0.262. The zero-order valence-electron chi connectivity index (χ0n) is 10.6. The van der Waals surface area contributed by atoms with Crippen LogP contribution in [-0.2, 0) is 0 Å². The first-order valence-electron chi connectivity index (χ1n) is 5.93. The molecule has 0 aliphatic heterocycles. The summed E-state index contributed by atoms with van der Waals surface area (Å²) in [7, 11) is 0. The van der Waals surface area contributed by atoms with E-state index in [4.69, 9.17) is 0 Å². The number of nitrogens with one attached hydrogen (secondary N) is 1. The number of benzene rings is 1. The highest BCUT2D eigenvalue weighted by Crippen LogP contribution is 2.14. The first-order valence-corrected chi connectivity index (χ1v) is 6.71. The van der Waals surface area contributed by atoms with Crippen molar-refractivity contribution in [2.24, 2.45) is 0 Å². The first kappa shape index (κ1) is 12.5. The zero-order chi connectivity index (χ0) is 13.9. The van der Waals surface area contributed by atoms with Gasteiger partial charge >= 0.3 is 0 Å². The molecule has 0 aliphatic carbocycles. The Morgan fingerprint density at radius 1 is 1.30 bits per heavy atom. The summed E-state index contributed by atoms with van der Waals surface area (Å²) in [6.45, 7) is 1.78. The Kier molecular flexibility index (Phi) is 3.26. The molecule has 0 spiro atoms. The van der Waals surface area contributed by atoms with E-state index in [-0.39, 0.29) is 5.91 Å². The quantitative estimate of drug-likeness (QED) is 0.801. The summed E-state index contributed by atoms with van der Waals surface area (Å²) in [5.41, 5.74) is 1.33. The van der Waals surface area contributed by atoms with Gasteiger partial charge in [0.1, 0.15) is 11.5 Å². The van der Waals surface area contributed by atoms with E-state index in [2.05, 4.69) is 19.7 Å². The molecular weight excluding hydrogens is 274 g/mol. The molecule has 1 aromatic carbocycles. The minimum atomic E-state index is -0.262. The molecule has 0 saturated heterocycles. The molecule has 1 N–H and O–H groups in total. The molecule has 0 fully saturated rings. The van der Waals surface area contributed by atoms with Crippen LogP contribution >= 0.6 is 11.5 Å². The molecular formula is C13H11N5OS. The maximum Gasteiger partial charge on any atom is 0.276 e. The van der Waals surface area contributed by atoms with Gasteiger partial charge in [0.2, 0.25) is 5.13 Å². The van der Waals surface area contributed by atoms with Crippen molar-refractivity contribution >= 4 is 22.6 Å². The molecule has 0 bridgehead atoms. The summed E-state index contributed by atoms with van der Waals surface area (Å²) >= 11 is 1.15. The molecule has 3 rings (SSSR count). The smallest absolute Gasteiger partial charge is 0.276 e. The number of carbonyl (C=O) groups excluding carboxylic acids is 1. The highest BCUT2D eigenvalue weighted by molar-refractivity contribution is 7.09. The maximum atomic E-state index is 12.2. The third kappa shape index (κ3) is 2.43. The van der Waals surface area contributed by atoms with Crippen molar-refractivity contribution < 1.29 is 4.79 Å². The van der Waals surface area contributed by atoms with Crippen molar-refractivity contribution in [3.8, 4) is 5.69 Å². The molecule has 2 aromatic heterocycles. The number of nitrogens with zero attached hydrogens (tertiary/aromatic N) is 4. The van der Waals surface area contributed by atoms with Gasteiger partial charge < -0.3 is 0 Å². The molecule has 0 atom stereocenters. The van der Waals surface area contributed by atoms with Crippen molar-refractivity contribution in [2.75, 3.05) is 5.32 Å². The standard InChI is InChI=1S/C13H11N5OS/c1-9-15-13(20-17-9)16-12(19)11-7-14-8-18(11)10-5-3-2-4-6-10/h2-8H,1H3,(H,15,16,17,19). The second-order valence-corrected chi connectivity index (χ2v) is 4.84. The monoisotopic (exact) mass is 285 g/mol. The van der Waals surface area contributed by atoms with Gasteiger partial charge in [0.05, 0.1) is 12.5 Å². The fourth-order valence-electron chi connectivity index (χ4n) is 1.77. The van der Waals surface area contributed by atoms with Crippen LogP contribution in [0.1, 0.15) is 16.3 Å². The van der Waals surface area contributed by atoms with Crippen molar-refractivity contribution in [2.45, 2.75) is 6.92 Å². The molecule has 20 heavy (non-hydrogen) atoms. The largest absolute Gasteiger partial charge is 0.295 e. The van der Waals surface area contributed by atoms with E-state index in [0.29, 0.717) is 16.6 Å². The molecule has 100 valence electrons. The lowest BCUT2D eigenvalue weighted by Crippen LogP contribution is -2.15. The van der Waals surface area contributed by atoms with Gasteiger partial charge in [-0.2, -0.15) is 4.37 Å². The molecule has 0 radical (unpaired) electrons. The number of para-hydroxylation sites is 1. The third-order valence-electron chi connectivity index (χ3n) is 2.65. The van der Waals surface area contributed by atoms with E-state index < -0.39 is 0 Å². The number of anilines is 1. The van der Waals surface area contributed by atoms with Gasteiger partial charge in [-0.15, -0.1) is 0 Å². The van der Waals surface area contributed by atoms with Crippen LogP contribution < -0.4 is 5.32 Å². The van der Waals surface area contributed by atoms with Gasteiger partial charge in [0.25, 0.3) is 5.91 Å². The zero-order valence-corrected chi connectivity index (χ0v) is 11.5. The summed E-state index contributed by atoms with van der Waals surface area (Å²) in [5.74, 6) is 0.379. The molecule has 7 heteroatoms. The van der Waals surface area contributed by atoms with Crippen LogP contribution in [0.2, 0.25) is 0 Å². The van der Waals surface area contributed by atoms with E-state index in [1.165, 1.54) is 6.20 Å². The Hall–Kier alpha value is -2.54. The van der Waals surface area contributed by atoms with E-state index in [9.17, 15) is 4.79 Å². The lowest BCUT2D eigenvalue weighted by atomic mass is 10.3. The highest BCUT2D eigenvalue weighted by Gasteiger charge is 2.14. The highest BCUT2D eigenvalue weighted by atomic mass is 32.1. The number of aromatic nitrogens is 4. The van der Waals surface area contributed by atoms with E-state index in [0.717, 1.165) is 17.2 Å². The lowest BCUT2D eigenvalue weighted by molar-refractivity contribution is 0.102. The summed E-state index contributed by atoms with van der Waals surface area (Å²) in [4.78, 5) is 20.4. The lowest BCUT2D eigenvalue weighted by Gasteiger charge is -2.06. The molecule has 2 heterocycles. The average Bonchev–Trinajstić information content (AvgIpc) is 3.09. The summed E-state index contributed by atoms with van der Waals surface area (Å²) in [6.07, 6.45) is 3.13. The average molecular weight is 285 g/mol. The Morgan fingerprint density at radius 3 is 2.80 bits per heavy atom. The first-order chi connectivity index (χ1) is 9.74. The Bertz CT molecular complexity index is 734. The van der Waals surface area contributed by atoms with Gasteiger partial charge in [0.15, 0.2) is 0 Å². The van der Waals surface area contributed by atoms with Crippen molar-refractivity contribution in [1.29, 1.82) is 0 Å². The number of amides is 1. The van der Waals surface area contributed by atoms with Gasteiger partial charge in [0, 0.05) is 17.2 Å². The molecule has 0 aliphatic rings. The third-order valence-corrected chi connectivity index (χ3v) is 3.38. The molecule has 6 nitrogen and oxygen atoms in total. The summed E-state index contributed by atoms with van der Waals surface area (Å²) in [6, 6.07) is 9.56. The molecule has 0 unspecified atom stereocenters. The van der Waals surface area contributed by atoms with Gasteiger partial charge in [-0.25, -0.2) is 9.97 Å². The number of carbonyl (C=O) groups is 1. The van der Waals surface area contributed by atoms with Crippen LogP contribution in [-0.4, -0.2) is 24.8 Å². The van der Waals surface area contributed by atoms with Gasteiger partial charge in [-0.3, -0.25) is 14.7 Å². The second-order valence-electron chi connectivity index (χ2n) is 4.09. The molecule has 3 aromatic rings. The van der Waals surface area contributed by atoms with E-state index >= 15 is 0 Å². The summed E-state index contributed by atoms with van der Waals surface area (Å²) in [5, 5.41) is 3.20. The van der Waals surface area contributed by atoms with Crippen LogP contribution in [0.5, 0.6) is 0 Å². The Balaban J connectivity index is 1.88. The maximum absolute atomic E-state index is 12.2. The van der Waals surface area contributed by atoms with Crippen molar-refractivity contribution in [3.05, 3.63) is 54.4 Å². The number of hydrogen-bond donors (Lipinski definition) is 1. The topological polar surface area (TPSA) is 72.7 Å². The van der Waals surface area contributed by atoms with Gasteiger partial charge in [-0.1, -0.05) is 18.2 Å². The van der Waals surface area contributed by atoms with Crippen molar-refractivity contribution in [3.63, 3.8) is 0 Å². The predicted octanol–water partition coefficient (Wildman–Crippen LogP) is 2.28. The number of imidazole rings is 1. The predicted molar refractivity (Wildman–Crippen MR) is 76.2 cm³/mol. The minimum Gasteiger partial charge on any atom is -0.295 e. The fourth-order valence-corrected chi connectivity index (χ4v) is 2.34. The van der Waals surface area contributed by atoms with Gasteiger partial charge in [-0.05, 0) is 19.1 Å². The van der Waals surface area contributed by atoms with Crippen LogP contribution in [0.3, 0.4) is 0 Å². The molecule has 1 amide bonds. The fraction of sp³-hybridized carbons (Fsp3) is 0.0769. The summed E-state index contributed by atoms with van der Waals surface area (Å²) < 4.78 is 5.75. The Labute approximate surface area is 119 Å². The van der Waals surface area contributed by atoms with Crippen molar-refractivity contribution in [1.82, 2.24) is 18.9 Å². The normalized spacial score (nSPS) is 10.4. The van der Waals surface area contributed by atoms with E-state index in [1.54, 1.807) is 17.8 Å². The van der Waals surface area contributed by atoms with Crippen LogP contribution in [0.4, 0.5) is 5.13 Å². The van der Waals surface area contributed by atoms with E-state index in [1.807, 2.05) is 30.3 Å². The SMILES string of the molecule is Cc1nsc(NC(=O)c2cncn2-c2ccccc2)n1. The Morgan fingerprint density at radius 2 is 2.10 bits per heavy atom.